The number of rotatable bonds is 18. The molecule has 40 rings (SSSR count). The predicted molar refractivity (Wildman–Crippen MR) is 409 cm³/mol. The van der Waals surface area contributed by atoms with Gasteiger partial charge in [-0.05, 0) is 214 Å². The average molecular weight is 1400 g/mol. The molecule has 12 heteroatoms. The molecule has 0 spiro atoms. The highest BCUT2D eigenvalue weighted by Crippen LogP contribution is 2.55. The number of hydrogen-bond acceptors (Lipinski definition) is 12. The zero-order valence-electron chi connectivity index (χ0n) is 62.2. The van der Waals surface area contributed by atoms with Crippen LogP contribution in [-0.4, -0.2) is 83.4 Å². The van der Waals surface area contributed by atoms with Crippen LogP contribution in [0.4, 0.5) is 0 Å². The van der Waals surface area contributed by atoms with E-state index in [0.717, 1.165) is 169 Å². The van der Waals surface area contributed by atoms with Gasteiger partial charge in [-0.3, -0.25) is 0 Å². The molecule has 4 saturated carbocycles. The second-order valence-electron chi connectivity index (χ2n) is 30.6. The molecule has 12 nitrogen and oxygen atoms in total. The van der Waals surface area contributed by atoms with E-state index in [0.29, 0.717) is 0 Å². The van der Waals surface area contributed by atoms with Crippen LogP contribution >= 0.6 is 0 Å². The van der Waals surface area contributed by atoms with Gasteiger partial charge < -0.3 is 56.8 Å². The Morgan fingerprint density at radius 2 is 0.288 bits per heavy atom. The lowest BCUT2D eigenvalue weighted by Crippen LogP contribution is -2.43. The van der Waals surface area contributed by atoms with Crippen molar-refractivity contribution in [2.24, 2.45) is 0 Å². The maximum Gasteiger partial charge on any atom is 0.147 e. The predicted octanol–water partition coefficient (Wildman–Crippen LogP) is 20.8. The minimum absolute atomic E-state index is 0.00116. The SMILES string of the molecule is COCOC12CCC(C)(CC1)c1ccc(cc1)-c1ccc(cc1)C1(C)CCC(OCOC)(CC1)c1ccc(cc1)-c1ccc(cc1)C1(OCOC)CCC(OCOC)(CC1)c1ccc(cc1)-c1ccc(cc1)C1(OCOC)CCC(OCOC)(CC1)c1ccc(cc1)-c1ccc(cc1)-c1ccc2cc1. The molecule has 31 aliphatic rings. The molecule has 0 aromatic heterocycles. The van der Waals surface area contributed by atoms with Crippen molar-refractivity contribution < 1.29 is 56.8 Å². The fourth-order valence-electron chi connectivity index (χ4n) is 18.0. The zero-order chi connectivity index (χ0) is 71.9. The Labute approximate surface area is 616 Å². The summed E-state index contributed by atoms with van der Waals surface area (Å²) in [5, 5.41) is 0. The van der Waals surface area contributed by atoms with Crippen molar-refractivity contribution in [2.45, 2.75) is 161 Å². The van der Waals surface area contributed by atoms with E-state index in [1.165, 1.54) is 33.4 Å². The molecule has 0 amide bonds. The Balaban J connectivity index is 0.752. The first-order chi connectivity index (χ1) is 50.7. The number of methoxy groups -OCH3 is 6. The fraction of sp³-hybridized carbons (Fsp3) is 0.413. The minimum Gasteiger partial charge on any atom is -0.359 e. The smallest absolute Gasteiger partial charge is 0.147 e. The molecule has 0 unspecified atom stereocenters. The largest absolute Gasteiger partial charge is 0.359 e. The van der Waals surface area contributed by atoms with Gasteiger partial charge >= 0.3 is 0 Å². The van der Waals surface area contributed by atoms with Crippen LogP contribution in [0.3, 0.4) is 0 Å². The third-order valence-electron chi connectivity index (χ3n) is 25.0. The van der Waals surface area contributed by atoms with Crippen LogP contribution < -0.4 is 0 Å². The van der Waals surface area contributed by atoms with E-state index in [2.05, 4.69) is 232 Å². The molecular formula is C92H104O12. The normalized spacial score (nSPS) is 26.7. The maximum atomic E-state index is 6.78. The monoisotopic (exact) mass is 1400 g/mol. The maximum absolute atomic E-state index is 6.78. The number of hydrogen-bond donors (Lipinski definition) is 0. The van der Waals surface area contributed by atoms with E-state index in [-0.39, 0.29) is 51.6 Å². The van der Waals surface area contributed by atoms with Crippen LogP contribution in [0.15, 0.2) is 218 Å². The van der Waals surface area contributed by atoms with Crippen molar-refractivity contribution in [3.8, 4) is 55.6 Å². The van der Waals surface area contributed by atoms with Crippen LogP contribution in [0.1, 0.15) is 161 Å². The molecule has 0 N–H and O–H groups in total. The van der Waals surface area contributed by atoms with Gasteiger partial charge in [0.25, 0.3) is 0 Å². The van der Waals surface area contributed by atoms with Gasteiger partial charge in [-0.25, -0.2) is 0 Å². The highest BCUT2D eigenvalue weighted by molar-refractivity contribution is 5.72. The lowest BCUT2D eigenvalue weighted by molar-refractivity contribution is -0.203. The Morgan fingerprint density at radius 3 is 0.423 bits per heavy atom. The van der Waals surface area contributed by atoms with Crippen LogP contribution in [0.25, 0.3) is 55.6 Å². The van der Waals surface area contributed by atoms with Gasteiger partial charge in [-0.2, -0.15) is 0 Å². The molecule has 104 heavy (non-hydrogen) atoms. The molecule has 0 atom stereocenters. The molecule has 4 fully saturated rings. The van der Waals surface area contributed by atoms with Crippen molar-refractivity contribution >= 4 is 0 Å². The Morgan fingerprint density at radius 1 is 0.173 bits per heavy atom. The molecule has 9 aromatic rings. The summed E-state index contributed by atoms with van der Waals surface area (Å²) in [5.74, 6) is 0. The van der Waals surface area contributed by atoms with Gasteiger partial charge in [0.2, 0.25) is 0 Å². The summed E-state index contributed by atoms with van der Waals surface area (Å²) in [4.78, 5) is 0. The summed E-state index contributed by atoms with van der Waals surface area (Å²) in [6.07, 6.45) is 13.2. The van der Waals surface area contributed by atoms with Gasteiger partial charge in [0.15, 0.2) is 0 Å². The van der Waals surface area contributed by atoms with Crippen molar-refractivity contribution in [1.82, 2.24) is 0 Å². The topological polar surface area (TPSA) is 111 Å². The standard InChI is InChI=1S/C92H104O12/c1-85-45-49-87(50-46-85,99-61-93-3)79-33-17-71(18-34-79)67-9-11-68(12-10-67)72-19-37-81(38-20-72)89(101-63-95-5)53-55-90(56-54-89,102-64-96-6)83-41-25-75(26-42-83)76-27-43-84(44-28-76)92(104-66-98-8)59-57-91(58-60-92,103-65-97-7)82-39-23-74(24-40-82)73-21-35-80(36-22-73)88(100-62-94-4)51-47-86(2,48-52-88)78-31-15-70(16-32-78)69-13-29-77(85)30-14-69/h9-44H,45-66H2,1-8H3. The fourth-order valence-corrected chi connectivity index (χ4v) is 18.0. The summed E-state index contributed by atoms with van der Waals surface area (Å²) in [7, 11) is 10.2. The summed E-state index contributed by atoms with van der Waals surface area (Å²) < 4.78 is 74.3. The number of benzene rings is 9. The van der Waals surface area contributed by atoms with Crippen LogP contribution in [0.5, 0.6) is 0 Å². The average Bonchev–Trinajstić information content (AvgIpc) is 0.763. The second kappa shape index (κ2) is 31.5. The van der Waals surface area contributed by atoms with Crippen LogP contribution in [-0.2, 0) is 101 Å². The Hall–Kier alpha value is -7.50. The van der Waals surface area contributed by atoms with E-state index in [1.807, 2.05) is 0 Å². The third kappa shape index (κ3) is 14.8. The molecule has 31 aliphatic carbocycles. The van der Waals surface area contributed by atoms with E-state index >= 15 is 0 Å². The summed E-state index contributed by atoms with van der Waals surface area (Å²) >= 11 is 0. The van der Waals surface area contributed by atoms with E-state index in [1.54, 1.807) is 42.7 Å². The molecule has 0 heterocycles. The van der Waals surface area contributed by atoms with Crippen LogP contribution in [0.2, 0.25) is 0 Å². The Kier molecular flexibility index (Phi) is 22.2. The van der Waals surface area contributed by atoms with Crippen molar-refractivity contribution in [3.63, 3.8) is 0 Å². The first-order valence-electron chi connectivity index (χ1n) is 37.4. The molecule has 544 valence electrons. The number of ether oxygens (including phenoxy) is 12. The summed E-state index contributed by atoms with van der Waals surface area (Å²) in [5.41, 5.74) is 17.9. The summed E-state index contributed by atoms with van der Waals surface area (Å²) in [6, 6.07) is 81.3. The van der Waals surface area contributed by atoms with E-state index in [9.17, 15) is 0 Å². The molecule has 0 saturated heterocycles. The van der Waals surface area contributed by atoms with Crippen molar-refractivity contribution in [2.75, 3.05) is 83.4 Å². The summed E-state index contributed by atoms with van der Waals surface area (Å²) in [6.45, 7) is 6.03. The molecule has 0 radical (unpaired) electrons. The minimum atomic E-state index is -0.591. The van der Waals surface area contributed by atoms with Crippen LogP contribution in [0, 0.1) is 0 Å². The highest BCUT2D eigenvalue weighted by Gasteiger charge is 2.50. The van der Waals surface area contributed by atoms with E-state index < -0.39 is 33.6 Å². The van der Waals surface area contributed by atoms with Gasteiger partial charge in [0.1, 0.15) is 40.8 Å². The lowest BCUT2D eigenvalue weighted by atomic mass is 9.64. The highest BCUT2D eigenvalue weighted by atomic mass is 16.7. The van der Waals surface area contributed by atoms with Crippen molar-refractivity contribution in [3.05, 3.63) is 263 Å². The van der Waals surface area contributed by atoms with Gasteiger partial charge in [0.05, 0.1) is 33.6 Å². The first-order valence-corrected chi connectivity index (χ1v) is 37.4. The molecular weight excluding hydrogens is 1300 g/mol. The quantitative estimate of drug-likeness (QED) is 0.0763. The van der Waals surface area contributed by atoms with Gasteiger partial charge in [-0.15, -0.1) is 0 Å². The zero-order valence-corrected chi connectivity index (χ0v) is 62.2. The van der Waals surface area contributed by atoms with Gasteiger partial charge in [0, 0.05) is 42.7 Å². The molecule has 0 aliphatic heterocycles. The van der Waals surface area contributed by atoms with Crippen molar-refractivity contribution in [1.29, 1.82) is 0 Å². The Bertz CT molecular complexity index is 4210. The first kappa shape index (κ1) is 73.4. The van der Waals surface area contributed by atoms with E-state index in [4.69, 9.17) is 56.8 Å². The lowest BCUT2D eigenvalue weighted by Gasteiger charge is -2.46. The van der Waals surface area contributed by atoms with Gasteiger partial charge in [-0.1, -0.05) is 232 Å². The molecule has 26 bridgehead atoms. The third-order valence-corrected chi connectivity index (χ3v) is 25.0. The molecule has 9 aromatic carbocycles. The second-order valence-corrected chi connectivity index (χ2v) is 30.6.